The number of rotatable bonds is 11. The number of fused-ring (bicyclic) bond motifs is 1. The molecule has 0 aromatic heterocycles. The van der Waals surface area contributed by atoms with Crippen molar-refractivity contribution >= 4 is 17.3 Å². The number of benzene rings is 2. The van der Waals surface area contributed by atoms with E-state index in [1.165, 1.54) is 49.2 Å². The average Bonchev–Trinajstić information content (AvgIpc) is 3.12. The van der Waals surface area contributed by atoms with E-state index in [1.54, 1.807) is 0 Å². The molecule has 1 saturated heterocycles. The van der Waals surface area contributed by atoms with Gasteiger partial charge in [0.15, 0.2) is 11.5 Å². The summed E-state index contributed by atoms with van der Waals surface area (Å²) in [6, 6.07) is 13.1. The standard InChI is InChI=1S/C30H44ClN3O2/c1-23(2)19-33(22-26-17-28(31)30-29(18-26)35-14-7-15-36-30)12-6-9-24-11-13-34(20-24)21-25-8-5-10-27(16-25)32(3)4/h5,8,10,16-18,23-24H,6-7,9,11-15,19-22H2,1-4H3. The van der Waals surface area contributed by atoms with Gasteiger partial charge in [-0.1, -0.05) is 37.6 Å². The van der Waals surface area contributed by atoms with Gasteiger partial charge in [0.2, 0.25) is 0 Å². The highest BCUT2D eigenvalue weighted by Gasteiger charge is 2.23. The molecule has 0 spiro atoms. The second-order valence-corrected chi connectivity index (χ2v) is 11.6. The zero-order valence-electron chi connectivity index (χ0n) is 22.6. The van der Waals surface area contributed by atoms with E-state index in [1.807, 2.05) is 0 Å². The molecule has 2 heterocycles. The first-order chi connectivity index (χ1) is 17.4. The molecular formula is C30H44ClN3O2. The number of ether oxygens (including phenoxy) is 2. The number of halogens is 1. The number of hydrogen-bond acceptors (Lipinski definition) is 5. The lowest BCUT2D eigenvalue weighted by atomic mass is 10.0. The van der Waals surface area contributed by atoms with Crippen molar-refractivity contribution in [1.82, 2.24) is 9.80 Å². The van der Waals surface area contributed by atoms with Crippen molar-refractivity contribution in [2.24, 2.45) is 11.8 Å². The van der Waals surface area contributed by atoms with Crippen LogP contribution in [0.5, 0.6) is 11.5 Å². The van der Waals surface area contributed by atoms with Crippen LogP contribution in [-0.4, -0.2) is 63.3 Å². The summed E-state index contributed by atoms with van der Waals surface area (Å²) in [5, 5.41) is 0.663. The van der Waals surface area contributed by atoms with Crippen LogP contribution in [0.1, 0.15) is 50.7 Å². The molecule has 2 aliphatic heterocycles. The van der Waals surface area contributed by atoms with Crippen LogP contribution in [0.4, 0.5) is 5.69 Å². The number of hydrogen-bond donors (Lipinski definition) is 0. The molecule has 198 valence electrons. The molecule has 1 fully saturated rings. The van der Waals surface area contributed by atoms with Crippen LogP contribution >= 0.6 is 11.6 Å². The lowest BCUT2D eigenvalue weighted by Gasteiger charge is -2.25. The molecule has 1 unspecified atom stereocenters. The van der Waals surface area contributed by atoms with E-state index in [2.05, 4.69) is 79.0 Å². The van der Waals surface area contributed by atoms with Crippen LogP contribution in [0.2, 0.25) is 5.02 Å². The van der Waals surface area contributed by atoms with Gasteiger partial charge in [-0.3, -0.25) is 9.80 Å². The van der Waals surface area contributed by atoms with Gasteiger partial charge in [0.1, 0.15) is 0 Å². The largest absolute Gasteiger partial charge is 0.489 e. The Balaban J connectivity index is 1.27. The van der Waals surface area contributed by atoms with Gasteiger partial charge in [-0.2, -0.15) is 0 Å². The normalized spacial score (nSPS) is 18.1. The van der Waals surface area contributed by atoms with Crippen molar-refractivity contribution in [1.29, 1.82) is 0 Å². The zero-order valence-corrected chi connectivity index (χ0v) is 23.4. The van der Waals surface area contributed by atoms with E-state index >= 15 is 0 Å². The van der Waals surface area contributed by atoms with Crippen molar-refractivity contribution in [3.63, 3.8) is 0 Å². The van der Waals surface area contributed by atoms with Gasteiger partial charge in [0, 0.05) is 52.4 Å². The summed E-state index contributed by atoms with van der Waals surface area (Å²) in [7, 11) is 4.22. The van der Waals surface area contributed by atoms with Crippen molar-refractivity contribution in [2.75, 3.05) is 58.4 Å². The predicted octanol–water partition coefficient (Wildman–Crippen LogP) is 6.33. The molecular weight excluding hydrogens is 470 g/mol. The minimum absolute atomic E-state index is 0.626. The Kier molecular flexibility index (Phi) is 9.80. The number of nitrogens with zero attached hydrogens (tertiary/aromatic N) is 3. The molecule has 0 radical (unpaired) electrons. The van der Waals surface area contributed by atoms with Gasteiger partial charge >= 0.3 is 0 Å². The minimum atomic E-state index is 0.626. The first-order valence-electron chi connectivity index (χ1n) is 13.7. The third-order valence-electron chi connectivity index (χ3n) is 7.18. The first-order valence-corrected chi connectivity index (χ1v) is 14.0. The van der Waals surface area contributed by atoms with Crippen LogP contribution in [0.25, 0.3) is 0 Å². The molecule has 36 heavy (non-hydrogen) atoms. The lowest BCUT2D eigenvalue weighted by molar-refractivity contribution is 0.224. The van der Waals surface area contributed by atoms with Gasteiger partial charge in [0.05, 0.1) is 18.2 Å². The van der Waals surface area contributed by atoms with E-state index in [0.717, 1.165) is 44.3 Å². The van der Waals surface area contributed by atoms with E-state index in [0.29, 0.717) is 29.9 Å². The smallest absolute Gasteiger partial charge is 0.179 e. The quantitative estimate of drug-likeness (QED) is 0.350. The Morgan fingerprint density at radius 3 is 2.72 bits per heavy atom. The molecule has 0 aliphatic carbocycles. The summed E-state index contributed by atoms with van der Waals surface area (Å²) in [6.07, 6.45) is 4.74. The van der Waals surface area contributed by atoms with Crippen LogP contribution < -0.4 is 14.4 Å². The molecule has 5 nitrogen and oxygen atoms in total. The zero-order chi connectivity index (χ0) is 25.5. The molecule has 0 saturated carbocycles. The Bertz CT molecular complexity index is 981. The molecule has 4 rings (SSSR count). The second kappa shape index (κ2) is 13.0. The van der Waals surface area contributed by atoms with E-state index in [9.17, 15) is 0 Å². The van der Waals surface area contributed by atoms with E-state index < -0.39 is 0 Å². The summed E-state index contributed by atoms with van der Waals surface area (Å²) < 4.78 is 11.7. The van der Waals surface area contributed by atoms with Crippen LogP contribution in [-0.2, 0) is 13.1 Å². The maximum absolute atomic E-state index is 6.56. The topological polar surface area (TPSA) is 28.2 Å². The molecule has 2 aromatic carbocycles. The molecule has 0 N–H and O–H groups in total. The average molecular weight is 514 g/mol. The molecule has 0 bridgehead atoms. The highest BCUT2D eigenvalue weighted by atomic mass is 35.5. The number of anilines is 1. The summed E-state index contributed by atoms with van der Waals surface area (Å²) in [5.41, 5.74) is 3.90. The minimum Gasteiger partial charge on any atom is -0.489 e. The van der Waals surface area contributed by atoms with E-state index in [-0.39, 0.29) is 0 Å². The fourth-order valence-electron chi connectivity index (χ4n) is 5.47. The predicted molar refractivity (Wildman–Crippen MR) is 151 cm³/mol. The van der Waals surface area contributed by atoms with Crippen molar-refractivity contribution < 1.29 is 9.47 Å². The summed E-state index contributed by atoms with van der Waals surface area (Å²) in [4.78, 5) is 7.39. The summed E-state index contributed by atoms with van der Waals surface area (Å²) in [6.45, 7) is 12.5. The molecule has 2 aliphatic rings. The molecule has 2 aromatic rings. The lowest BCUT2D eigenvalue weighted by Crippen LogP contribution is -2.29. The molecule has 0 amide bonds. The Labute approximate surface area is 223 Å². The van der Waals surface area contributed by atoms with Crippen LogP contribution in [0.15, 0.2) is 36.4 Å². The fourth-order valence-corrected chi connectivity index (χ4v) is 5.76. The third kappa shape index (κ3) is 7.77. The summed E-state index contributed by atoms with van der Waals surface area (Å²) in [5.74, 6) is 2.92. The molecule has 6 heteroatoms. The summed E-state index contributed by atoms with van der Waals surface area (Å²) >= 11 is 6.56. The van der Waals surface area contributed by atoms with Crippen molar-refractivity contribution in [3.8, 4) is 11.5 Å². The highest BCUT2D eigenvalue weighted by Crippen LogP contribution is 2.38. The Hall–Kier alpha value is -1.95. The van der Waals surface area contributed by atoms with Crippen LogP contribution in [0.3, 0.4) is 0 Å². The Morgan fingerprint density at radius 2 is 1.92 bits per heavy atom. The molecule has 1 atom stereocenters. The maximum atomic E-state index is 6.56. The third-order valence-corrected chi connectivity index (χ3v) is 7.46. The van der Waals surface area contributed by atoms with Gasteiger partial charge in [0.25, 0.3) is 0 Å². The second-order valence-electron chi connectivity index (χ2n) is 11.2. The van der Waals surface area contributed by atoms with Gasteiger partial charge < -0.3 is 14.4 Å². The number of likely N-dealkylation sites (tertiary alicyclic amines) is 1. The Morgan fingerprint density at radius 1 is 1.08 bits per heavy atom. The monoisotopic (exact) mass is 513 g/mol. The first kappa shape index (κ1) is 27.1. The SMILES string of the molecule is CC(C)CN(CCCC1CCN(Cc2cccc(N(C)C)c2)C1)Cc1cc(Cl)c2c(c1)OCCCO2. The van der Waals surface area contributed by atoms with E-state index in [4.69, 9.17) is 21.1 Å². The fraction of sp³-hybridized carbons (Fsp3) is 0.600. The highest BCUT2D eigenvalue weighted by molar-refractivity contribution is 6.32. The van der Waals surface area contributed by atoms with Gasteiger partial charge in [-0.05, 0) is 79.6 Å². The van der Waals surface area contributed by atoms with Crippen molar-refractivity contribution in [3.05, 3.63) is 52.5 Å². The van der Waals surface area contributed by atoms with Crippen LogP contribution in [0, 0.1) is 11.8 Å². The van der Waals surface area contributed by atoms with Gasteiger partial charge in [-0.25, -0.2) is 0 Å². The van der Waals surface area contributed by atoms with Gasteiger partial charge in [-0.15, -0.1) is 0 Å². The van der Waals surface area contributed by atoms with Crippen molar-refractivity contribution in [2.45, 2.75) is 52.6 Å². The maximum Gasteiger partial charge on any atom is 0.179 e.